The van der Waals surface area contributed by atoms with Gasteiger partial charge in [-0.1, -0.05) is 23.4 Å². The van der Waals surface area contributed by atoms with Crippen molar-refractivity contribution in [1.29, 1.82) is 0 Å². The van der Waals surface area contributed by atoms with Crippen LogP contribution in [0.5, 0.6) is 0 Å². The van der Waals surface area contributed by atoms with Crippen molar-refractivity contribution in [2.24, 2.45) is 0 Å². The number of nitrogens with zero attached hydrogens (tertiary/aromatic N) is 6. The highest BCUT2D eigenvalue weighted by molar-refractivity contribution is 6.07. The van der Waals surface area contributed by atoms with E-state index in [-0.39, 0.29) is 11.9 Å². The van der Waals surface area contributed by atoms with E-state index in [1.807, 2.05) is 37.2 Å². The van der Waals surface area contributed by atoms with E-state index >= 15 is 0 Å². The summed E-state index contributed by atoms with van der Waals surface area (Å²) in [6.45, 7) is 0.649. The third kappa shape index (κ3) is 2.97. The van der Waals surface area contributed by atoms with E-state index in [0.717, 1.165) is 12.1 Å². The Balaban J connectivity index is 1.70. The highest BCUT2D eigenvalue weighted by atomic mass is 16.2. The van der Waals surface area contributed by atoms with E-state index in [1.54, 1.807) is 35.5 Å². The minimum Gasteiger partial charge on any atom is -0.306 e. The quantitative estimate of drug-likeness (QED) is 0.722. The molecule has 0 radical (unpaired) electrons. The Hall–Kier alpha value is -3.06. The van der Waals surface area contributed by atoms with Gasteiger partial charge < -0.3 is 9.80 Å². The maximum Gasteiger partial charge on any atom is 0.259 e. The average molecular weight is 348 g/mol. The van der Waals surface area contributed by atoms with Gasteiger partial charge in [-0.05, 0) is 38.2 Å². The summed E-state index contributed by atoms with van der Waals surface area (Å²) in [4.78, 5) is 21.5. The first-order valence-electron chi connectivity index (χ1n) is 8.51. The van der Waals surface area contributed by atoms with Crippen molar-refractivity contribution >= 4 is 11.6 Å². The summed E-state index contributed by atoms with van der Waals surface area (Å²) >= 11 is 0. The first-order chi connectivity index (χ1) is 12.6. The Kier molecular flexibility index (Phi) is 4.22. The number of amides is 1. The highest BCUT2D eigenvalue weighted by Gasteiger charge is 2.30. The van der Waals surface area contributed by atoms with Crippen LogP contribution < -0.4 is 4.90 Å². The summed E-state index contributed by atoms with van der Waals surface area (Å²) in [6.07, 6.45) is 7.52. The molecule has 4 rings (SSSR count). The first kappa shape index (κ1) is 16.4. The van der Waals surface area contributed by atoms with Gasteiger partial charge in [0.25, 0.3) is 5.91 Å². The molecule has 132 valence electrons. The molecule has 1 aromatic carbocycles. The molecule has 0 saturated heterocycles. The lowest BCUT2D eigenvalue weighted by atomic mass is 9.96. The number of pyridine rings is 1. The molecule has 1 atom stereocenters. The zero-order chi connectivity index (χ0) is 18.1. The number of para-hydroxylation sites is 1. The summed E-state index contributed by atoms with van der Waals surface area (Å²) in [5.41, 5.74) is 3.41. The number of likely N-dealkylation sites (N-methyl/N-ethyl adjacent to an activating group) is 1. The van der Waals surface area contributed by atoms with Crippen LogP contribution in [0.15, 0.2) is 55.1 Å². The normalized spacial score (nSPS) is 16.6. The molecule has 3 aromatic rings. The topological polar surface area (TPSA) is 67.2 Å². The number of aromatic nitrogens is 4. The fourth-order valence-electron chi connectivity index (χ4n) is 3.28. The van der Waals surface area contributed by atoms with Gasteiger partial charge in [-0.3, -0.25) is 9.78 Å². The number of carbonyl (C=O) groups excluding carboxylic acids is 1. The van der Waals surface area contributed by atoms with Crippen molar-refractivity contribution in [3.05, 3.63) is 66.2 Å². The van der Waals surface area contributed by atoms with Crippen LogP contribution in [0, 0.1) is 0 Å². The number of anilines is 1. The summed E-state index contributed by atoms with van der Waals surface area (Å²) in [5, 5.41) is 7.77. The largest absolute Gasteiger partial charge is 0.306 e. The van der Waals surface area contributed by atoms with E-state index < -0.39 is 0 Å². The van der Waals surface area contributed by atoms with Crippen LogP contribution in [-0.4, -0.2) is 57.5 Å². The summed E-state index contributed by atoms with van der Waals surface area (Å²) < 4.78 is 1.59. The van der Waals surface area contributed by atoms with Gasteiger partial charge in [0.05, 0.1) is 29.8 Å². The smallest absolute Gasteiger partial charge is 0.259 e. The molecule has 0 N–H and O–H groups in total. The van der Waals surface area contributed by atoms with Gasteiger partial charge in [0.15, 0.2) is 0 Å². The van der Waals surface area contributed by atoms with E-state index in [2.05, 4.69) is 26.3 Å². The van der Waals surface area contributed by atoms with Crippen molar-refractivity contribution in [3.8, 4) is 5.69 Å². The van der Waals surface area contributed by atoms with Gasteiger partial charge in [0.1, 0.15) is 0 Å². The Morgan fingerprint density at radius 3 is 2.85 bits per heavy atom. The van der Waals surface area contributed by atoms with E-state index in [4.69, 9.17) is 0 Å². The van der Waals surface area contributed by atoms with Crippen molar-refractivity contribution in [2.75, 3.05) is 25.5 Å². The van der Waals surface area contributed by atoms with E-state index in [0.29, 0.717) is 17.8 Å². The minimum absolute atomic E-state index is 0.0570. The van der Waals surface area contributed by atoms with Gasteiger partial charge in [-0.2, -0.15) is 0 Å². The van der Waals surface area contributed by atoms with Crippen LogP contribution in [0.3, 0.4) is 0 Å². The van der Waals surface area contributed by atoms with Crippen LogP contribution in [0.4, 0.5) is 5.69 Å². The number of carbonyl (C=O) groups is 1. The molecule has 7 nitrogen and oxygen atoms in total. The molecular formula is C19H20N6O. The Labute approximate surface area is 151 Å². The molecule has 0 fully saturated rings. The molecule has 0 spiro atoms. The van der Waals surface area contributed by atoms with Gasteiger partial charge in [0.2, 0.25) is 0 Å². The Morgan fingerprint density at radius 1 is 1.23 bits per heavy atom. The number of benzene rings is 1. The maximum atomic E-state index is 13.3. The zero-order valence-electron chi connectivity index (χ0n) is 14.8. The van der Waals surface area contributed by atoms with Gasteiger partial charge in [-0.15, -0.1) is 5.10 Å². The van der Waals surface area contributed by atoms with Crippen LogP contribution in [0.25, 0.3) is 5.69 Å². The van der Waals surface area contributed by atoms with Crippen LogP contribution in [0.1, 0.15) is 15.9 Å². The third-order valence-corrected chi connectivity index (χ3v) is 4.76. The molecular weight excluding hydrogens is 328 g/mol. The predicted octanol–water partition coefficient (Wildman–Crippen LogP) is 1.80. The van der Waals surface area contributed by atoms with Gasteiger partial charge in [-0.25, -0.2) is 4.68 Å². The third-order valence-electron chi connectivity index (χ3n) is 4.76. The molecule has 7 heteroatoms. The standard InChI is InChI=1S/C19H20N6O/c1-23(2)17-9-14-5-3-4-6-18(14)24(13-17)19(26)15-10-16(12-20-11-15)25-8-7-21-22-25/h3-8,10-12,17H,9,13H2,1-2H3. The number of hydrogen-bond acceptors (Lipinski definition) is 5. The van der Waals surface area contributed by atoms with Crippen molar-refractivity contribution in [3.63, 3.8) is 0 Å². The lowest BCUT2D eigenvalue weighted by Gasteiger charge is -2.37. The fourth-order valence-corrected chi connectivity index (χ4v) is 3.28. The molecule has 0 bridgehead atoms. The number of rotatable bonds is 3. The Bertz CT molecular complexity index is 921. The summed E-state index contributed by atoms with van der Waals surface area (Å²) in [5.74, 6) is -0.0570. The van der Waals surface area contributed by atoms with Crippen LogP contribution in [0.2, 0.25) is 0 Å². The lowest BCUT2D eigenvalue weighted by Crippen LogP contribution is -2.48. The van der Waals surface area contributed by atoms with Crippen LogP contribution >= 0.6 is 0 Å². The summed E-state index contributed by atoms with van der Waals surface area (Å²) in [6, 6.07) is 10.2. The highest BCUT2D eigenvalue weighted by Crippen LogP contribution is 2.29. The average Bonchev–Trinajstić information content (AvgIpc) is 3.21. The first-order valence-corrected chi connectivity index (χ1v) is 8.51. The minimum atomic E-state index is -0.0570. The zero-order valence-corrected chi connectivity index (χ0v) is 14.8. The molecule has 1 amide bonds. The van der Waals surface area contributed by atoms with Crippen LogP contribution in [-0.2, 0) is 6.42 Å². The molecule has 3 heterocycles. The molecule has 0 aliphatic carbocycles. The molecule has 1 unspecified atom stereocenters. The number of hydrogen-bond donors (Lipinski definition) is 0. The molecule has 2 aromatic heterocycles. The molecule has 1 aliphatic rings. The fraction of sp³-hybridized carbons (Fsp3) is 0.263. The lowest BCUT2D eigenvalue weighted by molar-refractivity contribution is 0.0975. The summed E-state index contributed by atoms with van der Waals surface area (Å²) in [7, 11) is 4.10. The SMILES string of the molecule is CN(C)C1Cc2ccccc2N(C(=O)c2cncc(-n3ccnn3)c2)C1. The van der Waals surface area contributed by atoms with Crippen molar-refractivity contribution in [2.45, 2.75) is 12.5 Å². The second-order valence-corrected chi connectivity index (χ2v) is 6.65. The van der Waals surface area contributed by atoms with E-state index in [1.165, 1.54) is 5.56 Å². The second kappa shape index (κ2) is 6.68. The maximum absolute atomic E-state index is 13.3. The molecule has 26 heavy (non-hydrogen) atoms. The Morgan fingerprint density at radius 2 is 2.08 bits per heavy atom. The second-order valence-electron chi connectivity index (χ2n) is 6.65. The molecule has 1 aliphatic heterocycles. The van der Waals surface area contributed by atoms with Crippen molar-refractivity contribution in [1.82, 2.24) is 24.9 Å². The van der Waals surface area contributed by atoms with Crippen molar-refractivity contribution < 1.29 is 4.79 Å². The van der Waals surface area contributed by atoms with Gasteiger partial charge >= 0.3 is 0 Å². The molecule has 0 saturated carbocycles. The number of fused-ring (bicyclic) bond motifs is 1. The van der Waals surface area contributed by atoms with Gasteiger partial charge in [0, 0.05) is 24.5 Å². The monoisotopic (exact) mass is 348 g/mol. The predicted molar refractivity (Wildman–Crippen MR) is 98.5 cm³/mol. The van der Waals surface area contributed by atoms with E-state index in [9.17, 15) is 4.79 Å².